The van der Waals surface area contributed by atoms with Crippen molar-refractivity contribution < 1.29 is 9.59 Å². The van der Waals surface area contributed by atoms with E-state index in [1.165, 1.54) is 11.3 Å². The van der Waals surface area contributed by atoms with Gasteiger partial charge in [0.2, 0.25) is 5.91 Å². The molecule has 21 heavy (non-hydrogen) atoms. The highest BCUT2D eigenvalue weighted by molar-refractivity contribution is 7.20. The average molecular weight is 300 g/mol. The molecule has 0 unspecified atom stereocenters. The van der Waals surface area contributed by atoms with Crippen molar-refractivity contribution in [2.24, 2.45) is 11.7 Å². The van der Waals surface area contributed by atoms with Gasteiger partial charge in [-0.3, -0.25) is 9.59 Å². The molecule has 0 saturated heterocycles. The fourth-order valence-electron chi connectivity index (χ4n) is 2.30. The van der Waals surface area contributed by atoms with Gasteiger partial charge in [0, 0.05) is 10.8 Å². The lowest BCUT2D eigenvalue weighted by atomic mass is 9.85. The lowest BCUT2D eigenvalue weighted by Crippen LogP contribution is -2.28. The molecule has 2 amide bonds. The number of amides is 2. The minimum Gasteiger partial charge on any atom is -0.366 e. The summed E-state index contributed by atoms with van der Waals surface area (Å²) in [5.41, 5.74) is 6.81. The van der Waals surface area contributed by atoms with Crippen molar-refractivity contribution in [3.63, 3.8) is 0 Å². The highest BCUT2D eigenvalue weighted by Gasteiger charge is 2.27. The molecule has 1 heterocycles. The summed E-state index contributed by atoms with van der Waals surface area (Å²) >= 11 is 1.39. The van der Waals surface area contributed by atoms with Crippen LogP contribution in [0.1, 0.15) is 29.6 Å². The van der Waals surface area contributed by atoms with Crippen molar-refractivity contribution in [3.05, 3.63) is 42.0 Å². The van der Waals surface area contributed by atoms with Crippen LogP contribution < -0.4 is 11.1 Å². The highest BCUT2D eigenvalue weighted by Crippen LogP contribution is 2.36. The highest BCUT2D eigenvalue weighted by atomic mass is 32.1. The summed E-state index contributed by atoms with van der Waals surface area (Å²) in [5, 5.41) is 3.42. The van der Waals surface area contributed by atoms with Crippen LogP contribution in [0.25, 0.3) is 10.4 Å². The first-order valence-electron chi connectivity index (χ1n) is 6.95. The summed E-state index contributed by atoms with van der Waals surface area (Å²) in [4.78, 5) is 24.6. The Morgan fingerprint density at radius 2 is 1.90 bits per heavy atom. The molecule has 5 heteroatoms. The van der Waals surface area contributed by atoms with Crippen molar-refractivity contribution >= 4 is 28.2 Å². The molecule has 1 aliphatic rings. The van der Waals surface area contributed by atoms with Gasteiger partial charge in [-0.05, 0) is 24.5 Å². The summed E-state index contributed by atoms with van der Waals surface area (Å²) in [6, 6.07) is 11.5. The van der Waals surface area contributed by atoms with Gasteiger partial charge in [0.1, 0.15) is 5.00 Å². The third-order valence-electron chi connectivity index (χ3n) is 3.77. The average Bonchev–Trinajstić information content (AvgIpc) is 2.81. The van der Waals surface area contributed by atoms with E-state index in [1.807, 2.05) is 30.3 Å². The molecule has 0 aliphatic heterocycles. The Kier molecular flexibility index (Phi) is 3.75. The van der Waals surface area contributed by atoms with E-state index in [4.69, 9.17) is 5.73 Å². The molecular weight excluding hydrogens is 284 g/mol. The second-order valence-electron chi connectivity index (χ2n) is 5.20. The van der Waals surface area contributed by atoms with Crippen LogP contribution in [0, 0.1) is 5.92 Å². The second-order valence-corrected chi connectivity index (χ2v) is 6.25. The van der Waals surface area contributed by atoms with E-state index in [1.54, 1.807) is 6.07 Å². The van der Waals surface area contributed by atoms with Crippen LogP contribution in [0.2, 0.25) is 0 Å². The fourth-order valence-corrected chi connectivity index (χ4v) is 3.37. The van der Waals surface area contributed by atoms with Crippen LogP contribution in [0.15, 0.2) is 36.4 Å². The summed E-state index contributed by atoms with van der Waals surface area (Å²) in [5.74, 6) is -0.449. The fraction of sp³-hybridized carbons (Fsp3) is 0.250. The first-order chi connectivity index (χ1) is 10.1. The summed E-state index contributed by atoms with van der Waals surface area (Å²) in [6.07, 6.45) is 2.95. The Morgan fingerprint density at radius 3 is 2.48 bits per heavy atom. The van der Waals surface area contributed by atoms with Crippen molar-refractivity contribution in [3.8, 4) is 10.4 Å². The van der Waals surface area contributed by atoms with E-state index in [-0.39, 0.29) is 11.8 Å². The second kappa shape index (κ2) is 5.69. The maximum Gasteiger partial charge on any atom is 0.251 e. The van der Waals surface area contributed by atoms with Crippen molar-refractivity contribution in [2.75, 3.05) is 5.32 Å². The molecule has 4 nitrogen and oxygen atoms in total. The van der Waals surface area contributed by atoms with Gasteiger partial charge >= 0.3 is 0 Å². The molecule has 0 bridgehead atoms. The van der Waals surface area contributed by atoms with Gasteiger partial charge in [0.05, 0.1) is 5.56 Å². The first-order valence-corrected chi connectivity index (χ1v) is 7.76. The maximum absolute atomic E-state index is 12.1. The van der Waals surface area contributed by atoms with Crippen LogP contribution in [0.4, 0.5) is 5.00 Å². The van der Waals surface area contributed by atoms with Crippen molar-refractivity contribution in [1.29, 1.82) is 0 Å². The zero-order valence-electron chi connectivity index (χ0n) is 11.5. The minimum absolute atomic E-state index is 0.00906. The van der Waals surface area contributed by atoms with Crippen LogP contribution >= 0.6 is 11.3 Å². The van der Waals surface area contributed by atoms with Crippen LogP contribution in [-0.2, 0) is 4.79 Å². The zero-order valence-corrected chi connectivity index (χ0v) is 12.3. The van der Waals surface area contributed by atoms with Crippen LogP contribution in [0.3, 0.4) is 0 Å². The number of carbonyl (C=O) groups is 2. The Labute approximate surface area is 127 Å². The van der Waals surface area contributed by atoms with Crippen LogP contribution in [-0.4, -0.2) is 11.8 Å². The SMILES string of the molecule is NC(=O)c1cc(-c2ccccc2)sc1NC(=O)C1CCC1. The number of hydrogen-bond donors (Lipinski definition) is 2. The van der Waals surface area contributed by atoms with Gasteiger partial charge in [0.25, 0.3) is 5.91 Å². The Bertz CT molecular complexity index is 675. The smallest absolute Gasteiger partial charge is 0.251 e. The zero-order chi connectivity index (χ0) is 14.8. The summed E-state index contributed by atoms with van der Waals surface area (Å²) in [6.45, 7) is 0. The monoisotopic (exact) mass is 300 g/mol. The van der Waals surface area contributed by atoms with Gasteiger partial charge in [-0.1, -0.05) is 36.8 Å². The number of rotatable bonds is 4. The molecule has 0 radical (unpaired) electrons. The van der Waals surface area contributed by atoms with Crippen molar-refractivity contribution in [1.82, 2.24) is 0 Å². The Morgan fingerprint density at radius 1 is 1.19 bits per heavy atom. The van der Waals surface area contributed by atoms with E-state index in [0.717, 1.165) is 29.7 Å². The Hall–Kier alpha value is -2.14. The molecule has 0 spiro atoms. The topological polar surface area (TPSA) is 72.2 Å². The lowest BCUT2D eigenvalue weighted by Gasteiger charge is -2.23. The van der Waals surface area contributed by atoms with Gasteiger partial charge in [-0.2, -0.15) is 0 Å². The first kappa shape index (κ1) is 13.8. The lowest BCUT2D eigenvalue weighted by molar-refractivity contribution is -0.122. The third kappa shape index (κ3) is 2.83. The summed E-state index contributed by atoms with van der Waals surface area (Å²) < 4.78 is 0. The molecule has 3 N–H and O–H groups in total. The number of hydrogen-bond acceptors (Lipinski definition) is 3. The normalized spacial score (nSPS) is 14.5. The van der Waals surface area contributed by atoms with Gasteiger partial charge in [-0.25, -0.2) is 0 Å². The van der Waals surface area contributed by atoms with Crippen molar-refractivity contribution in [2.45, 2.75) is 19.3 Å². The number of benzene rings is 1. The molecular formula is C16H16N2O2S. The molecule has 0 atom stereocenters. The summed E-state index contributed by atoms with van der Waals surface area (Å²) in [7, 11) is 0. The standard InChI is InChI=1S/C16H16N2O2S/c17-14(19)12-9-13(10-5-2-1-3-6-10)21-16(12)18-15(20)11-7-4-8-11/h1-3,5-6,9,11H,4,7-8H2,(H2,17,19)(H,18,20). The molecule has 1 aromatic carbocycles. The predicted octanol–water partition coefficient (Wildman–Crippen LogP) is 3.25. The maximum atomic E-state index is 12.1. The van der Waals surface area contributed by atoms with Gasteiger partial charge in [0.15, 0.2) is 0 Å². The van der Waals surface area contributed by atoms with E-state index >= 15 is 0 Å². The molecule has 1 aliphatic carbocycles. The number of anilines is 1. The Balaban J connectivity index is 1.89. The minimum atomic E-state index is -0.516. The number of nitrogens with two attached hydrogens (primary N) is 1. The predicted molar refractivity (Wildman–Crippen MR) is 84.2 cm³/mol. The van der Waals surface area contributed by atoms with E-state index in [2.05, 4.69) is 5.32 Å². The molecule has 108 valence electrons. The van der Waals surface area contributed by atoms with E-state index in [0.29, 0.717) is 10.6 Å². The molecule has 1 fully saturated rings. The molecule has 1 saturated carbocycles. The number of carbonyl (C=O) groups excluding carboxylic acids is 2. The largest absolute Gasteiger partial charge is 0.366 e. The quantitative estimate of drug-likeness (QED) is 0.909. The molecule has 1 aromatic heterocycles. The third-order valence-corrected chi connectivity index (χ3v) is 4.87. The van der Waals surface area contributed by atoms with Crippen LogP contribution in [0.5, 0.6) is 0 Å². The number of nitrogens with one attached hydrogen (secondary N) is 1. The number of primary amides is 1. The van der Waals surface area contributed by atoms with E-state index < -0.39 is 5.91 Å². The van der Waals surface area contributed by atoms with E-state index in [9.17, 15) is 9.59 Å². The molecule has 2 aromatic rings. The van der Waals surface area contributed by atoms with Gasteiger partial charge < -0.3 is 11.1 Å². The number of thiophene rings is 1. The van der Waals surface area contributed by atoms with Gasteiger partial charge in [-0.15, -0.1) is 11.3 Å². The molecule has 3 rings (SSSR count).